The molecule has 0 radical (unpaired) electrons. The second-order valence-corrected chi connectivity index (χ2v) is 6.76. The molecule has 3 heterocycles. The number of aromatic nitrogens is 3. The lowest BCUT2D eigenvalue weighted by Gasteiger charge is -2.23. The Morgan fingerprint density at radius 2 is 2.07 bits per heavy atom. The molecule has 0 saturated heterocycles. The molecule has 1 aliphatic heterocycles. The summed E-state index contributed by atoms with van der Waals surface area (Å²) in [5, 5.41) is 14.8. The van der Waals surface area contributed by atoms with Crippen molar-refractivity contribution in [2.75, 3.05) is 12.8 Å². The number of fused-ring (bicyclic) bond motifs is 5. The van der Waals surface area contributed by atoms with E-state index in [0.29, 0.717) is 16.7 Å². The molecular formula is C20H17FN6O3. The summed E-state index contributed by atoms with van der Waals surface area (Å²) >= 11 is 0. The standard InChI is InChI=1S/C20H17FN6O3/c1-10-14-7-12(21)4-5-13(14)20(28)27(3)30-19-17(15(8-22)26(2)25-19)11-6-16(29-10)18(23)24-9-11/h4-7,9-10H,1-3H3,(H2,23,24). The molecule has 3 aromatic rings. The minimum Gasteiger partial charge on any atom is -0.482 e. The maximum Gasteiger partial charge on any atom is 0.286 e. The fourth-order valence-corrected chi connectivity index (χ4v) is 3.30. The molecule has 1 aliphatic rings. The first kappa shape index (κ1) is 19.2. The fraction of sp³-hybridized carbons (Fsp3) is 0.200. The summed E-state index contributed by atoms with van der Waals surface area (Å²) < 4.78 is 21.2. The fourth-order valence-electron chi connectivity index (χ4n) is 3.30. The van der Waals surface area contributed by atoms with Crippen LogP contribution < -0.4 is 15.3 Å². The highest BCUT2D eigenvalue weighted by Gasteiger charge is 2.28. The van der Waals surface area contributed by atoms with Crippen LogP contribution in [0.5, 0.6) is 11.6 Å². The van der Waals surface area contributed by atoms with Crippen LogP contribution in [-0.4, -0.2) is 32.8 Å². The lowest BCUT2D eigenvalue weighted by molar-refractivity contribution is -0.0173. The number of hydrogen-bond donors (Lipinski definition) is 1. The molecule has 2 aromatic heterocycles. The van der Waals surface area contributed by atoms with E-state index in [9.17, 15) is 14.4 Å². The molecule has 30 heavy (non-hydrogen) atoms. The van der Waals surface area contributed by atoms with E-state index < -0.39 is 17.8 Å². The molecule has 9 nitrogen and oxygen atoms in total. The van der Waals surface area contributed by atoms with Gasteiger partial charge in [-0.1, -0.05) is 0 Å². The van der Waals surface area contributed by atoms with E-state index >= 15 is 0 Å². The molecule has 0 fully saturated rings. The maximum absolute atomic E-state index is 13.9. The number of nitrogens with two attached hydrogens (primary N) is 1. The number of carbonyl (C=O) groups excluding carboxylic acids is 1. The largest absolute Gasteiger partial charge is 0.482 e. The second-order valence-electron chi connectivity index (χ2n) is 6.76. The van der Waals surface area contributed by atoms with E-state index in [1.54, 1.807) is 20.0 Å². The lowest BCUT2D eigenvalue weighted by Crippen LogP contribution is -2.32. The van der Waals surface area contributed by atoms with Gasteiger partial charge in [-0.25, -0.2) is 9.37 Å². The Hall–Kier alpha value is -4.13. The van der Waals surface area contributed by atoms with E-state index in [0.717, 1.165) is 5.06 Å². The molecule has 1 atom stereocenters. The first-order valence-corrected chi connectivity index (χ1v) is 8.95. The van der Waals surface area contributed by atoms with Crippen LogP contribution in [0.15, 0.2) is 30.5 Å². The number of pyridine rings is 1. The number of nitrogen functional groups attached to an aromatic ring is 1. The van der Waals surface area contributed by atoms with E-state index in [1.807, 2.05) is 0 Å². The van der Waals surface area contributed by atoms with Gasteiger partial charge >= 0.3 is 0 Å². The predicted octanol–water partition coefficient (Wildman–Crippen LogP) is 2.59. The first-order chi connectivity index (χ1) is 14.3. The summed E-state index contributed by atoms with van der Waals surface area (Å²) in [5.74, 6) is -0.701. The van der Waals surface area contributed by atoms with Crippen molar-refractivity contribution in [3.05, 3.63) is 53.1 Å². The number of nitrogens with zero attached hydrogens (tertiary/aromatic N) is 5. The van der Waals surface area contributed by atoms with Gasteiger partial charge in [0.1, 0.15) is 23.7 Å². The van der Waals surface area contributed by atoms with Gasteiger partial charge in [0, 0.05) is 37.0 Å². The Bertz CT molecular complexity index is 1220. The summed E-state index contributed by atoms with van der Waals surface area (Å²) in [7, 11) is 2.99. The van der Waals surface area contributed by atoms with Gasteiger partial charge in [-0.05, 0) is 31.2 Å². The molecule has 1 aromatic carbocycles. The summed E-state index contributed by atoms with van der Waals surface area (Å²) in [5.41, 5.74) is 7.48. The van der Waals surface area contributed by atoms with Crippen LogP contribution in [0.1, 0.15) is 34.6 Å². The highest BCUT2D eigenvalue weighted by Crippen LogP contribution is 2.38. The number of ether oxygens (including phenoxy) is 1. The van der Waals surface area contributed by atoms with Crippen molar-refractivity contribution in [1.29, 1.82) is 5.26 Å². The van der Waals surface area contributed by atoms with Gasteiger partial charge in [0.15, 0.2) is 11.6 Å². The third-order valence-electron chi connectivity index (χ3n) is 4.79. The highest BCUT2D eigenvalue weighted by atomic mass is 19.1. The van der Waals surface area contributed by atoms with Crippen molar-refractivity contribution in [2.45, 2.75) is 13.0 Å². The van der Waals surface area contributed by atoms with Gasteiger partial charge in [-0.15, -0.1) is 5.10 Å². The summed E-state index contributed by atoms with van der Waals surface area (Å²) in [6.45, 7) is 1.67. The molecule has 1 amide bonds. The third kappa shape index (κ3) is 3.06. The van der Waals surface area contributed by atoms with Gasteiger partial charge < -0.3 is 15.3 Å². The lowest BCUT2D eigenvalue weighted by atomic mass is 10.0. The van der Waals surface area contributed by atoms with Crippen LogP contribution in [0, 0.1) is 17.1 Å². The monoisotopic (exact) mass is 408 g/mol. The molecule has 0 aliphatic carbocycles. The van der Waals surface area contributed by atoms with Crippen molar-refractivity contribution < 1.29 is 18.8 Å². The van der Waals surface area contributed by atoms with Gasteiger partial charge in [-0.3, -0.25) is 9.48 Å². The van der Waals surface area contributed by atoms with Crippen molar-refractivity contribution in [2.24, 2.45) is 7.05 Å². The van der Waals surface area contributed by atoms with Gasteiger partial charge in [-0.2, -0.15) is 10.3 Å². The smallest absolute Gasteiger partial charge is 0.286 e. The zero-order valence-electron chi connectivity index (χ0n) is 16.4. The number of hydroxylamine groups is 2. The van der Waals surface area contributed by atoms with E-state index in [4.69, 9.17) is 15.3 Å². The number of anilines is 1. The number of amides is 1. The average Bonchev–Trinajstić information content (AvgIpc) is 3.03. The van der Waals surface area contributed by atoms with E-state index in [2.05, 4.69) is 16.2 Å². The van der Waals surface area contributed by atoms with Crippen LogP contribution in [0.3, 0.4) is 0 Å². The third-order valence-corrected chi connectivity index (χ3v) is 4.79. The van der Waals surface area contributed by atoms with Crippen LogP contribution in [0.2, 0.25) is 0 Å². The molecular weight excluding hydrogens is 391 g/mol. The summed E-state index contributed by atoms with van der Waals surface area (Å²) in [6, 6.07) is 7.44. The highest BCUT2D eigenvalue weighted by molar-refractivity contribution is 5.95. The minimum absolute atomic E-state index is 0.0275. The zero-order valence-corrected chi connectivity index (χ0v) is 16.4. The van der Waals surface area contributed by atoms with Crippen LogP contribution in [-0.2, 0) is 7.05 Å². The van der Waals surface area contributed by atoms with E-state index in [1.165, 1.54) is 36.1 Å². The maximum atomic E-state index is 13.9. The van der Waals surface area contributed by atoms with Gasteiger partial charge in [0.2, 0.25) is 0 Å². The van der Waals surface area contributed by atoms with Crippen molar-refractivity contribution in [3.8, 4) is 28.8 Å². The van der Waals surface area contributed by atoms with E-state index in [-0.39, 0.29) is 28.7 Å². The Morgan fingerprint density at radius 1 is 1.30 bits per heavy atom. The van der Waals surface area contributed by atoms with Crippen molar-refractivity contribution in [1.82, 2.24) is 19.8 Å². The second kappa shape index (κ2) is 7.04. The molecule has 2 bridgehead atoms. The molecule has 1 unspecified atom stereocenters. The quantitative estimate of drug-likeness (QED) is 0.607. The van der Waals surface area contributed by atoms with Crippen molar-refractivity contribution in [3.63, 3.8) is 0 Å². The predicted molar refractivity (Wildman–Crippen MR) is 104 cm³/mol. The number of carbonyl (C=O) groups is 1. The first-order valence-electron chi connectivity index (χ1n) is 8.95. The van der Waals surface area contributed by atoms with Gasteiger partial charge in [0.25, 0.3) is 11.8 Å². The zero-order chi connectivity index (χ0) is 21.6. The topological polar surface area (TPSA) is 119 Å². The number of rotatable bonds is 0. The minimum atomic E-state index is -0.726. The summed E-state index contributed by atoms with van der Waals surface area (Å²) in [6.07, 6.45) is 0.731. The molecule has 152 valence electrons. The van der Waals surface area contributed by atoms with Crippen molar-refractivity contribution >= 4 is 11.7 Å². The molecule has 0 saturated carbocycles. The number of halogens is 1. The number of aryl methyl sites for hydroxylation is 1. The number of nitriles is 1. The Balaban J connectivity index is 1.98. The van der Waals surface area contributed by atoms with Gasteiger partial charge in [0.05, 0.1) is 5.56 Å². The normalized spacial score (nSPS) is 15.6. The average molecular weight is 408 g/mol. The Labute approximate surface area is 171 Å². The summed E-state index contributed by atoms with van der Waals surface area (Å²) in [4.78, 5) is 22.9. The Kier molecular flexibility index (Phi) is 4.50. The number of hydrogen-bond acceptors (Lipinski definition) is 7. The van der Waals surface area contributed by atoms with Crippen LogP contribution >= 0.6 is 0 Å². The molecule has 2 N–H and O–H groups in total. The number of benzene rings is 1. The molecule has 4 rings (SSSR count). The molecule has 0 spiro atoms. The Morgan fingerprint density at radius 3 is 2.80 bits per heavy atom. The van der Waals surface area contributed by atoms with Crippen LogP contribution in [0.25, 0.3) is 11.1 Å². The SMILES string of the molecule is CC1Oc2cc(cnc2N)-c2c(nn(C)c2C#N)ON(C)C(=O)c2ccc(F)cc21. The molecule has 10 heteroatoms. The van der Waals surface area contributed by atoms with Crippen LogP contribution in [0.4, 0.5) is 10.2 Å².